The Balaban J connectivity index is 2.06. The lowest BCUT2D eigenvalue weighted by atomic mass is 10.1. The van der Waals surface area contributed by atoms with E-state index in [1.165, 1.54) is 17.7 Å². The average Bonchev–Trinajstić information content (AvgIpc) is 2.92. The lowest BCUT2D eigenvalue weighted by Gasteiger charge is -2.09. The fourth-order valence-electron chi connectivity index (χ4n) is 2.55. The van der Waals surface area contributed by atoms with Crippen LogP contribution < -0.4 is 0 Å². The molecule has 118 valence electrons. The molecule has 0 aliphatic heterocycles. The van der Waals surface area contributed by atoms with Crippen molar-refractivity contribution in [1.82, 2.24) is 14.7 Å². The number of hydrogen-bond acceptors (Lipinski definition) is 2. The summed E-state index contributed by atoms with van der Waals surface area (Å²) in [4.78, 5) is 2.10. The van der Waals surface area contributed by atoms with E-state index in [4.69, 9.17) is 5.10 Å². The fraction of sp³-hybridized carbons (Fsp3) is 0.211. The fourth-order valence-corrected chi connectivity index (χ4v) is 2.55. The van der Waals surface area contributed by atoms with Crippen LogP contribution in [0.5, 0.6) is 0 Å². The Hall–Kier alpha value is -2.46. The van der Waals surface area contributed by atoms with Crippen LogP contribution in [0.2, 0.25) is 0 Å². The summed E-state index contributed by atoms with van der Waals surface area (Å²) in [6.07, 6.45) is 2.04. The highest BCUT2D eigenvalue weighted by Crippen LogP contribution is 2.25. The maximum Gasteiger partial charge on any atom is 0.123 e. The summed E-state index contributed by atoms with van der Waals surface area (Å²) in [5.74, 6) is -0.235. The number of benzene rings is 2. The molecule has 2 aromatic carbocycles. The molecule has 0 fully saturated rings. The van der Waals surface area contributed by atoms with Gasteiger partial charge in [0, 0.05) is 23.9 Å². The van der Waals surface area contributed by atoms with Gasteiger partial charge in [0.25, 0.3) is 0 Å². The SMILES string of the molecule is Cc1ccc(-n2cc(CN(C)C)c(-c3ccc(F)cc3)n2)cc1. The summed E-state index contributed by atoms with van der Waals surface area (Å²) < 4.78 is 15.1. The molecule has 1 aromatic heterocycles. The third kappa shape index (κ3) is 3.48. The van der Waals surface area contributed by atoms with E-state index in [0.29, 0.717) is 0 Å². The first-order chi connectivity index (χ1) is 11.0. The Labute approximate surface area is 136 Å². The van der Waals surface area contributed by atoms with Gasteiger partial charge in [-0.1, -0.05) is 17.7 Å². The summed E-state index contributed by atoms with van der Waals surface area (Å²) in [5, 5.41) is 4.73. The van der Waals surface area contributed by atoms with Gasteiger partial charge in [-0.05, 0) is 57.4 Å². The van der Waals surface area contributed by atoms with Gasteiger partial charge >= 0.3 is 0 Å². The summed E-state index contributed by atoms with van der Waals surface area (Å²) in [6, 6.07) is 14.7. The van der Waals surface area contributed by atoms with Crippen LogP contribution in [0.15, 0.2) is 54.7 Å². The predicted octanol–water partition coefficient (Wildman–Crippen LogP) is 4.05. The molecule has 4 heteroatoms. The van der Waals surface area contributed by atoms with Crippen molar-refractivity contribution in [2.75, 3.05) is 14.1 Å². The predicted molar refractivity (Wildman–Crippen MR) is 91.1 cm³/mol. The molecule has 0 atom stereocenters. The lowest BCUT2D eigenvalue weighted by Crippen LogP contribution is -2.10. The normalized spacial score (nSPS) is 11.2. The molecule has 0 bridgehead atoms. The second-order valence-corrected chi connectivity index (χ2v) is 6.03. The van der Waals surface area contributed by atoms with Crippen LogP contribution >= 0.6 is 0 Å². The van der Waals surface area contributed by atoms with E-state index in [0.717, 1.165) is 29.1 Å². The number of rotatable bonds is 4. The van der Waals surface area contributed by atoms with Gasteiger partial charge in [0.2, 0.25) is 0 Å². The number of halogens is 1. The first kappa shape index (κ1) is 15.4. The van der Waals surface area contributed by atoms with Gasteiger partial charge in [0.05, 0.1) is 11.4 Å². The monoisotopic (exact) mass is 309 g/mol. The molecule has 0 saturated heterocycles. The van der Waals surface area contributed by atoms with E-state index in [1.54, 1.807) is 12.1 Å². The van der Waals surface area contributed by atoms with Crippen molar-refractivity contribution in [2.45, 2.75) is 13.5 Å². The highest BCUT2D eigenvalue weighted by Gasteiger charge is 2.13. The number of aromatic nitrogens is 2. The van der Waals surface area contributed by atoms with Crippen molar-refractivity contribution in [3.63, 3.8) is 0 Å². The van der Waals surface area contributed by atoms with Crippen molar-refractivity contribution in [3.8, 4) is 16.9 Å². The van der Waals surface area contributed by atoms with Gasteiger partial charge < -0.3 is 4.90 Å². The smallest absolute Gasteiger partial charge is 0.123 e. The molecule has 3 rings (SSSR count). The average molecular weight is 309 g/mol. The standard InChI is InChI=1S/C19H20FN3/c1-14-4-10-18(11-5-14)23-13-16(12-22(2)3)19(21-23)15-6-8-17(20)9-7-15/h4-11,13H,12H2,1-3H3. The minimum absolute atomic E-state index is 0.235. The first-order valence-corrected chi connectivity index (χ1v) is 7.59. The molecule has 0 unspecified atom stereocenters. The van der Waals surface area contributed by atoms with Crippen LogP contribution in [0.1, 0.15) is 11.1 Å². The molecule has 0 spiro atoms. The van der Waals surface area contributed by atoms with Crippen LogP contribution in [-0.2, 0) is 6.54 Å². The van der Waals surface area contributed by atoms with Crippen molar-refractivity contribution in [1.29, 1.82) is 0 Å². The van der Waals surface area contributed by atoms with Gasteiger partial charge in [-0.25, -0.2) is 9.07 Å². The van der Waals surface area contributed by atoms with E-state index in [9.17, 15) is 4.39 Å². The topological polar surface area (TPSA) is 21.1 Å². The minimum atomic E-state index is -0.235. The van der Waals surface area contributed by atoms with Gasteiger partial charge in [-0.15, -0.1) is 0 Å². The van der Waals surface area contributed by atoms with Crippen LogP contribution in [0.3, 0.4) is 0 Å². The maximum atomic E-state index is 13.2. The first-order valence-electron chi connectivity index (χ1n) is 7.59. The van der Waals surface area contributed by atoms with Crippen molar-refractivity contribution >= 4 is 0 Å². The molecule has 0 saturated carbocycles. The van der Waals surface area contributed by atoms with Gasteiger partial charge in [0.1, 0.15) is 5.82 Å². The highest BCUT2D eigenvalue weighted by molar-refractivity contribution is 5.63. The Morgan fingerprint density at radius 3 is 2.26 bits per heavy atom. The summed E-state index contributed by atoms with van der Waals surface area (Å²) >= 11 is 0. The number of aryl methyl sites for hydroxylation is 1. The number of hydrogen-bond donors (Lipinski definition) is 0. The quantitative estimate of drug-likeness (QED) is 0.725. The van der Waals surface area contributed by atoms with Crippen LogP contribution in [0.25, 0.3) is 16.9 Å². The van der Waals surface area contributed by atoms with Gasteiger partial charge in [0.15, 0.2) is 0 Å². The molecule has 23 heavy (non-hydrogen) atoms. The molecule has 0 N–H and O–H groups in total. The van der Waals surface area contributed by atoms with E-state index in [2.05, 4.69) is 36.1 Å². The molecule has 0 radical (unpaired) electrons. The second kappa shape index (κ2) is 6.34. The minimum Gasteiger partial charge on any atom is -0.305 e. The van der Waals surface area contributed by atoms with Crippen LogP contribution in [0.4, 0.5) is 4.39 Å². The lowest BCUT2D eigenvalue weighted by molar-refractivity contribution is 0.403. The van der Waals surface area contributed by atoms with Gasteiger partial charge in [-0.2, -0.15) is 5.10 Å². The zero-order valence-corrected chi connectivity index (χ0v) is 13.6. The third-order valence-corrected chi connectivity index (χ3v) is 3.69. The largest absolute Gasteiger partial charge is 0.305 e. The molecular weight excluding hydrogens is 289 g/mol. The van der Waals surface area contributed by atoms with Crippen molar-refractivity contribution in [3.05, 3.63) is 71.7 Å². The molecular formula is C19H20FN3. The van der Waals surface area contributed by atoms with Crippen molar-refractivity contribution in [2.24, 2.45) is 0 Å². The molecule has 3 nitrogen and oxygen atoms in total. The molecule has 0 amide bonds. The Kier molecular flexibility index (Phi) is 4.26. The highest BCUT2D eigenvalue weighted by atomic mass is 19.1. The zero-order valence-electron chi connectivity index (χ0n) is 13.6. The van der Waals surface area contributed by atoms with E-state index in [1.807, 2.05) is 25.0 Å². The maximum absolute atomic E-state index is 13.2. The second-order valence-electron chi connectivity index (χ2n) is 6.03. The molecule has 0 aliphatic carbocycles. The van der Waals surface area contributed by atoms with E-state index < -0.39 is 0 Å². The van der Waals surface area contributed by atoms with Crippen LogP contribution in [-0.4, -0.2) is 28.8 Å². The summed E-state index contributed by atoms with van der Waals surface area (Å²) in [7, 11) is 4.05. The van der Waals surface area contributed by atoms with E-state index >= 15 is 0 Å². The molecule has 3 aromatic rings. The Morgan fingerprint density at radius 2 is 1.65 bits per heavy atom. The Morgan fingerprint density at radius 1 is 1.00 bits per heavy atom. The third-order valence-electron chi connectivity index (χ3n) is 3.69. The van der Waals surface area contributed by atoms with Gasteiger partial charge in [-0.3, -0.25) is 0 Å². The number of nitrogens with zero attached hydrogens (tertiary/aromatic N) is 3. The molecule has 0 aliphatic rings. The van der Waals surface area contributed by atoms with Crippen LogP contribution in [0, 0.1) is 12.7 Å². The zero-order chi connectivity index (χ0) is 16.4. The van der Waals surface area contributed by atoms with E-state index in [-0.39, 0.29) is 5.82 Å². The summed E-state index contributed by atoms with van der Waals surface area (Å²) in [5.41, 5.74) is 5.16. The summed E-state index contributed by atoms with van der Waals surface area (Å²) in [6.45, 7) is 2.84. The Bertz CT molecular complexity index is 786. The van der Waals surface area contributed by atoms with Crippen molar-refractivity contribution < 1.29 is 4.39 Å². The molecule has 1 heterocycles.